The van der Waals surface area contributed by atoms with Crippen LogP contribution >= 0.6 is 23.1 Å². The van der Waals surface area contributed by atoms with Gasteiger partial charge in [0.05, 0.1) is 10.9 Å². The second-order valence-corrected chi connectivity index (χ2v) is 6.32. The van der Waals surface area contributed by atoms with Crippen molar-refractivity contribution in [3.63, 3.8) is 0 Å². The van der Waals surface area contributed by atoms with Gasteiger partial charge in [0.2, 0.25) is 0 Å². The van der Waals surface area contributed by atoms with E-state index in [-0.39, 0.29) is 11.9 Å². The number of thiophene rings is 1. The summed E-state index contributed by atoms with van der Waals surface area (Å²) in [6.45, 7) is 1.74. The van der Waals surface area contributed by atoms with Gasteiger partial charge in [-0.2, -0.15) is 17.0 Å². The quantitative estimate of drug-likeness (QED) is 0.826. The average Bonchev–Trinajstić information content (AvgIpc) is 2.79. The molecule has 1 amide bonds. The average molecular weight is 266 g/mol. The Morgan fingerprint density at radius 3 is 3.06 bits per heavy atom. The summed E-state index contributed by atoms with van der Waals surface area (Å²) in [4.78, 5) is 15.7. The van der Waals surface area contributed by atoms with Gasteiger partial charge in [0, 0.05) is 17.7 Å². The van der Waals surface area contributed by atoms with E-state index in [1.807, 2.05) is 17.8 Å². The summed E-state index contributed by atoms with van der Waals surface area (Å²) in [6.07, 6.45) is 1.06. The predicted octanol–water partition coefficient (Wildman–Crippen LogP) is 2.52. The Balaban J connectivity index is 2.20. The molecule has 1 unspecified atom stereocenters. The summed E-state index contributed by atoms with van der Waals surface area (Å²) < 4.78 is 0. The maximum atomic E-state index is 12.1. The molecule has 0 saturated heterocycles. The molecule has 0 fully saturated rings. The molecule has 0 saturated carbocycles. The van der Waals surface area contributed by atoms with E-state index in [0.29, 0.717) is 0 Å². The topological polar surface area (TPSA) is 44.1 Å². The third-order valence-electron chi connectivity index (χ3n) is 2.93. The molecule has 1 aromatic rings. The van der Waals surface area contributed by atoms with Crippen molar-refractivity contribution < 1.29 is 4.79 Å². The van der Waals surface area contributed by atoms with Crippen molar-refractivity contribution in [1.82, 2.24) is 4.90 Å². The highest BCUT2D eigenvalue weighted by Crippen LogP contribution is 2.32. The summed E-state index contributed by atoms with van der Waals surface area (Å²) in [5.74, 6) is 2.12. The van der Waals surface area contributed by atoms with E-state index in [9.17, 15) is 4.79 Å². The van der Waals surface area contributed by atoms with Gasteiger partial charge in [-0.3, -0.25) is 4.79 Å². The smallest absolute Gasteiger partial charge is 0.264 e. The molecule has 2 rings (SSSR count). The number of carbonyl (C=O) groups is 1. The molecule has 1 aliphatic rings. The summed E-state index contributed by atoms with van der Waals surface area (Å²) in [7, 11) is 1.68. The third kappa shape index (κ3) is 2.48. The molecule has 1 aliphatic heterocycles. The number of rotatable bonds is 2. The maximum absolute atomic E-state index is 12.1. The number of fused-ring (bicyclic) bond motifs is 1. The SMILES string of the molecule is CC(C#N)N(C)C(=O)c1cc2c(s1)CCSC2. The summed E-state index contributed by atoms with van der Waals surface area (Å²) in [6, 6.07) is 3.70. The number of nitriles is 1. The molecular weight excluding hydrogens is 252 g/mol. The number of thioether (sulfide) groups is 1. The molecule has 5 heteroatoms. The molecule has 0 bridgehead atoms. The van der Waals surface area contributed by atoms with Crippen LogP contribution in [0.5, 0.6) is 0 Å². The van der Waals surface area contributed by atoms with Crippen LogP contribution in [0, 0.1) is 11.3 Å². The Morgan fingerprint density at radius 2 is 2.41 bits per heavy atom. The number of hydrogen-bond donors (Lipinski definition) is 0. The minimum atomic E-state index is -0.379. The van der Waals surface area contributed by atoms with E-state index in [2.05, 4.69) is 6.07 Å². The van der Waals surface area contributed by atoms with Crippen molar-refractivity contribution in [3.8, 4) is 6.07 Å². The fraction of sp³-hybridized carbons (Fsp3) is 0.500. The van der Waals surface area contributed by atoms with Crippen molar-refractivity contribution >= 4 is 29.0 Å². The van der Waals surface area contributed by atoms with Crippen LogP contribution in [0.2, 0.25) is 0 Å². The molecule has 0 aromatic carbocycles. The lowest BCUT2D eigenvalue weighted by atomic mass is 10.2. The van der Waals surface area contributed by atoms with E-state index < -0.39 is 0 Å². The second kappa shape index (κ2) is 5.11. The van der Waals surface area contributed by atoms with E-state index in [4.69, 9.17) is 5.26 Å². The lowest BCUT2D eigenvalue weighted by Crippen LogP contribution is -2.33. The van der Waals surface area contributed by atoms with E-state index in [1.54, 1.807) is 25.3 Å². The van der Waals surface area contributed by atoms with Crippen molar-refractivity contribution in [2.45, 2.75) is 25.1 Å². The van der Waals surface area contributed by atoms with Crippen LogP contribution in [-0.4, -0.2) is 29.6 Å². The second-order valence-electron chi connectivity index (χ2n) is 4.08. The first-order valence-corrected chi connectivity index (χ1v) is 7.46. The zero-order valence-corrected chi connectivity index (χ0v) is 11.5. The van der Waals surface area contributed by atoms with Crippen molar-refractivity contribution in [2.24, 2.45) is 0 Å². The number of carbonyl (C=O) groups excluding carboxylic acids is 1. The zero-order valence-electron chi connectivity index (χ0n) is 9.90. The van der Waals surface area contributed by atoms with Gasteiger partial charge >= 0.3 is 0 Å². The molecule has 3 nitrogen and oxygen atoms in total. The Morgan fingerprint density at radius 1 is 1.65 bits per heavy atom. The number of aryl methyl sites for hydroxylation is 1. The fourth-order valence-corrected chi connectivity index (χ4v) is 4.04. The molecule has 90 valence electrons. The van der Waals surface area contributed by atoms with Gasteiger partial charge in [-0.05, 0) is 30.7 Å². The Bertz CT molecular complexity index is 452. The van der Waals surface area contributed by atoms with Crippen LogP contribution in [0.25, 0.3) is 0 Å². The molecule has 0 spiro atoms. The van der Waals surface area contributed by atoms with Gasteiger partial charge in [-0.1, -0.05) is 0 Å². The first-order chi connectivity index (χ1) is 8.13. The molecule has 17 heavy (non-hydrogen) atoms. The van der Waals surface area contributed by atoms with Crippen LogP contribution < -0.4 is 0 Å². The predicted molar refractivity (Wildman–Crippen MR) is 71.4 cm³/mol. The molecule has 2 heterocycles. The first-order valence-electron chi connectivity index (χ1n) is 5.49. The van der Waals surface area contributed by atoms with Crippen LogP contribution in [0.1, 0.15) is 27.0 Å². The lowest BCUT2D eigenvalue weighted by Gasteiger charge is -2.18. The highest BCUT2D eigenvalue weighted by atomic mass is 32.2. The monoisotopic (exact) mass is 266 g/mol. The van der Waals surface area contributed by atoms with Gasteiger partial charge in [-0.15, -0.1) is 11.3 Å². The highest BCUT2D eigenvalue weighted by Gasteiger charge is 2.22. The summed E-state index contributed by atoms with van der Waals surface area (Å²) in [5, 5.41) is 8.82. The summed E-state index contributed by atoms with van der Waals surface area (Å²) >= 11 is 3.50. The van der Waals surface area contributed by atoms with Crippen molar-refractivity contribution in [3.05, 3.63) is 21.4 Å². The largest absolute Gasteiger partial charge is 0.325 e. The number of hydrogen-bond acceptors (Lipinski definition) is 4. The molecule has 1 atom stereocenters. The minimum Gasteiger partial charge on any atom is -0.325 e. The molecule has 1 aromatic heterocycles. The zero-order chi connectivity index (χ0) is 12.4. The van der Waals surface area contributed by atoms with Crippen molar-refractivity contribution in [1.29, 1.82) is 5.26 Å². The van der Waals surface area contributed by atoms with Gasteiger partial charge in [0.1, 0.15) is 6.04 Å². The Labute approximate surface area is 109 Å². The van der Waals surface area contributed by atoms with E-state index in [0.717, 1.165) is 22.8 Å². The van der Waals surface area contributed by atoms with Gasteiger partial charge in [-0.25, -0.2) is 0 Å². The van der Waals surface area contributed by atoms with Crippen LogP contribution in [0.4, 0.5) is 0 Å². The van der Waals surface area contributed by atoms with Gasteiger partial charge < -0.3 is 4.90 Å². The lowest BCUT2D eigenvalue weighted by molar-refractivity contribution is 0.0778. The molecule has 0 N–H and O–H groups in total. The highest BCUT2D eigenvalue weighted by molar-refractivity contribution is 7.98. The van der Waals surface area contributed by atoms with Crippen LogP contribution in [-0.2, 0) is 12.2 Å². The van der Waals surface area contributed by atoms with Gasteiger partial charge in [0.15, 0.2) is 0 Å². The van der Waals surface area contributed by atoms with E-state index in [1.165, 1.54) is 15.3 Å². The fourth-order valence-electron chi connectivity index (χ4n) is 1.69. The standard InChI is InChI=1S/C12H14N2OS2/c1-8(6-13)14(2)12(15)11-5-9-7-16-4-3-10(9)17-11/h5,8H,3-4,7H2,1-2H3. The number of nitrogens with zero attached hydrogens (tertiary/aromatic N) is 2. The number of amides is 1. The van der Waals surface area contributed by atoms with Gasteiger partial charge in [0.25, 0.3) is 5.91 Å². The normalized spacial score (nSPS) is 15.8. The van der Waals surface area contributed by atoms with E-state index >= 15 is 0 Å². The first kappa shape index (κ1) is 12.5. The minimum absolute atomic E-state index is 0.0385. The Hall–Kier alpha value is -0.990. The summed E-state index contributed by atoms with van der Waals surface area (Å²) in [5.41, 5.74) is 1.30. The molecule has 0 radical (unpaired) electrons. The third-order valence-corrected chi connectivity index (χ3v) is 5.16. The van der Waals surface area contributed by atoms with Crippen LogP contribution in [0.3, 0.4) is 0 Å². The van der Waals surface area contributed by atoms with Crippen LogP contribution in [0.15, 0.2) is 6.07 Å². The molecule has 0 aliphatic carbocycles. The maximum Gasteiger partial charge on any atom is 0.264 e. The van der Waals surface area contributed by atoms with Crippen molar-refractivity contribution in [2.75, 3.05) is 12.8 Å². The Kier molecular flexibility index (Phi) is 3.75. The molecular formula is C12H14N2OS2.